The molecule has 5 aromatic carbocycles. The second-order valence-electron chi connectivity index (χ2n) is 10.2. The Kier molecular flexibility index (Phi) is 5.55. The number of thiophene rings is 2. The molecular formula is C36H23N3S2. The topological polar surface area (TPSA) is 38.1 Å². The van der Waals surface area contributed by atoms with E-state index in [1.54, 1.807) is 30.0 Å². The summed E-state index contributed by atoms with van der Waals surface area (Å²) in [5, 5.41) is 6.27. The van der Waals surface area contributed by atoms with Gasteiger partial charge in [-0.3, -0.25) is 4.99 Å². The van der Waals surface area contributed by atoms with Crippen molar-refractivity contribution in [1.29, 1.82) is 0 Å². The average molecular weight is 562 g/mol. The molecule has 0 saturated carbocycles. The van der Waals surface area contributed by atoms with Gasteiger partial charge in [-0.2, -0.15) is 0 Å². The molecule has 0 aliphatic carbocycles. The molecule has 5 heteroatoms. The van der Waals surface area contributed by atoms with Gasteiger partial charge < -0.3 is 0 Å². The normalized spacial score (nSPS) is 12.0. The van der Waals surface area contributed by atoms with E-state index in [1.807, 2.05) is 17.5 Å². The Morgan fingerprint density at radius 1 is 0.732 bits per heavy atom. The molecule has 0 radical (unpaired) electrons. The van der Waals surface area contributed by atoms with Gasteiger partial charge in [-0.1, -0.05) is 73.3 Å². The van der Waals surface area contributed by atoms with Crippen LogP contribution in [0.4, 0.5) is 5.69 Å². The molecule has 0 fully saturated rings. The number of rotatable bonds is 4. The molecule has 0 unspecified atom stereocenters. The van der Waals surface area contributed by atoms with Crippen LogP contribution in [0, 0.1) is 6.92 Å². The van der Waals surface area contributed by atoms with Gasteiger partial charge in [-0.25, -0.2) is 9.97 Å². The van der Waals surface area contributed by atoms with E-state index in [0.717, 1.165) is 27.0 Å². The van der Waals surface area contributed by atoms with Gasteiger partial charge in [0.25, 0.3) is 0 Å². The highest BCUT2D eigenvalue weighted by Gasteiger charge is 2.16. The molecule has 3 nitrogen and oxygen atoms in total. The Labute approximate surface area is 244 Å². The van der Waals surface area contributed by atoms with Gasteiger partial charge in [0.2, 0.25) is 0 Å². The van der Waals surface area contributed by atoms with Crippen LogP contribution < -0.4 is 0 Å². The van der Waals surface area contributed by atoms with Gasteiger partial charge >= 0.3 is 0 Å². The predicted octanol–water partition coefficient (Wildman–Crippen LogP) is 10.9. The van der Waals surface area contributed by atoms with E-state index in [1.165, 1.54) is 57.7 Å². The number of aliphatic imine (C=N–C) groups is 1. The van der Waals surface area contributed by atoms with Crippen molar-refractivity contribution < 1.29 is 0 Å². The first kappa shape index (κ1) is 24.1. The van der Waals surface area contributed by atoms with Crippen molar-refractivity contribution >= 4 is 85.8 Å². The minimum Gasteiger partial charge on any atom is -0.257 e. The smallest absolute Gasteiger partial charge is 0.116 e. The van der Waals surface area contributed by atoms with Gasteiger partial charge in [-0.05, 0) is 58.7 Å². The summed E-state index contributed by atoms with van der Waals surface area (Å²) < 4.78 is 5.00. The molecule has 0 spiro atoms. The number of aromatic nitrogens is 2. The molecule has 0 aliphatic heterocycles. The van der Waals surface area contributed by atoms with Crippen molar-refractivity contribution in [2.24, 2.45) is 4.99 Å². The molecule has 0 atom stereocenters. The summed E-state index contributed by atoms with van der Waals surface area (Å²) in [6.45, 7) is 5.84. The molecule has 0 aliphatic rings. The highest BCUT2D eigenvalue weighted by atomic mass is 32.1. The van der Waals surface area contributed by atoms with E-state index in [9.17, 15) is 0 Å². The largest absolute Gasteiger partial charge is 0.257 e. The van der Waals surface area contributed by atoms with Gasteiger partial charge in [0.1, 0.15) is 6.33 Å². The Bertz CT molecular complexity index is 2360. The first-order valence-electron chi connectivity index (χ1n) is 13.4. The SMILES string of the molecule is C=CC=Nc1cc(-c2ccc3cc4sc5c(-c6cccc7c6sc6cncnc67)cccc5c4cc3c2)ccc1C. The Morgan fingerprint density at radius 2 is 1.49 bits per heavy atom. The number of benzene rings is 5. The third-order valence-corrected chi connectivity index (χ3v) is 10.1. The lowest BCUT2D eigenvalue weighted by atomic mass is 9.97. The van der Waals surface area contributed by atoms with Gasteiger partial charge in [0.05, 0.1) is 15.9 Å². The van der Waals surface area contributed by atoms with Crippen molar-refractivity contribution in [3.8, 4) is 22.3 Å². The lowest BCUT2D eigenvalue weighted by Gasteiger charge is -2.08. The lowest BCUT2D eigenvalue weighted by Crippen LogP contribution is -1.82. The number of hydrogen-bond donors (Lipinski definition) is 0. The van der Waals surface area contributed by atoms with Crippen LogP contribution >= 0.6 is 22.7 Å². The summed E-state index contributed by atoms with van der Waals surface area (Å²) in [4.78, 5) is 13.4. The summed E-state index contributed by atoms with van der Waals surface area (Å²) in [5.74, 6) is 0. The Balaban J connectivity index is 1.30. The number of aryl methyl sites for hydroxylation is 1. The monoisotopic (exact) mass is 561 g/mol. The Morgan fingerprint density at radius 3 is 2.34 bits per heavy atom. The Hall–Kier alpha value is -4.71. The van der Waals surface area contributed by atoms with Crippen molar-refractivity contribution in [3.05, 3.63) is 116 Å². The summed E-state index contributed by atoms with van der Waals surface area (Å²) in [6, 6.07) is 31.2. The summed E-state index contributed by atoms with van der Waals surface area (Å²) >= 11 is 3.65. The molecule has 8 aromatic rings. The van der Waals surface area contributed by atoms with E-state index in [2.05, 4.69) is 113 Å². The third kappa shape index (κ3) is 3.89. The molecule has 41 heavy (non-hydrogen) atoms. The van der Waals surface area contributed by atoms with Gasteiger partial charge in [0.15, 0.2) is 0 Å². The standard InChI is InChI=1S/C36H23N3S2/c1-3-14-38-31-17-23(11-10-21(31)2)22-12-13-24-18-32-30(16-25(24)15-22)28-8-4-6-26(35(28)40-32)27-7-5-9-29-34-33(41-36(27)29)19-37-20-39-34/h3-20H,1H2,2H3. The molecule has 0 saturated heterocycles. The fraction of sp³-hybridized carbons (Fsp3) is 0.0278. The maximum absolute atomic E-state index is 4.57. The third-order valence-electron chi connectivity index (χ3n) is 7.77. The number of allylic oxidation sites excluding steroid dienone is 1. The van der Waals surface area contributed by atoms with Crippen LogP contribution in [0.5, 0.6) is 0 Å². The fourth-order valence-electron chi connectivity index (χ4n) is 5.74. The van der Waals surface area contributed by atoms with E-state index < -0.39 is 0 Å². The molecular weight excluding hydrogens is 539 g/mol. The minimum atomic E-state index is 0.968. The van der Waals surface area contributed by atoms with Crippen LogP contribution in [0.2, 0.25) is 0 Å². The van der Waals surface area contributed by atoms with Crippen LogP contribution in [-0.2, 0) is 0 Å². The molecule has 3 aromatic heterocycles. The maximum atomic E-state index is 4.57. The van der Waals surface area contributed by atoms with Crippen molar-refractivity contribution in [2.75, 3.05) is 0 Å². The number of nitrogens with zero attached hydrogens (tertiary/aromatic N) is 3. The average Bonchev–Trinajstić information content (AvgIpc) is 3.57. The van der Waals surface area contributed by atoms with E-state index in [-0.39, 0.29) is 0 Å². The highest BCUT2D eigenvalue weighted by molar-refractivity contribution is 7.27. The maximum Gasteiger partial charge on any atom is 0.116 e. The summed E-state index contributed by atoms with van der Waals surface area (Å²) in [6.07, 6.45) is 7.01. The first-order valence-corrected chi connectivity index (χ1v) is 15.1. The van der Waals surface area contributed by atoms with E-state index in [4.69, 9.17) is 0 Å². The van der Waals surface area contributed by atoms with Crippen LogP contribution in [0.3, 0.4) is 0 Å². The van der Waals surface area contributed by atoms with Crippen LogP contribution in [0.15, 0.2) is 115 Å². The zero-order valence-corrected chi connectivity index (χ0v) is 23.9. The lowest BCUT2D eigenvalue weighted by molar-refractivity contribution is 1.23. The van der Waals surface area contributed by atoms with Crippen LogP contribution in [0.25, 0.3) is 73.5 Å². The van der Waals surface area contributed by atoms with Crippen molar-refractivity contribution in [3.63, 3.8) is 0 Å². The quantitative estimate of drug-likeness (QED) is 0.200. The molecule has 0 amide bonds. The summed E-state index contributed by atoms with van der Waals surface area (Å²) in [7, 11) is 0. The minimum absolute atomic E-state index is 0.968. The number of hydrogen-bond acceptors (Lipinski definition) is 5. The molecule has 3 heterocycles. The second-order valence-corrected chi connectivity index (χ2v) is 12.3. The van der Waals surface area contributed by atoms with E-state index >= 15 is 0 Å². The molecule has 194 valence electrons. The second kappa shape index (κ2) is 9.44. The van der Waals surface area contributed by atoms with Crippen molar-refractivity contribution in [2.45, 2.75) is 6.92 Å². The van der Waals surface area contributed by atoms with Crippen LogP contribution in [-0.4, -0.2) is 16.2 Å². The van der Waals surface area contributed by atoms with Crippen molar-refractivity contribution in [1.82, 2.24) is 9.97 Å². The van der Waals surface area contributed by atoms with E-state index in [0.29, 0.717) is 0 Å². The van der Waals surface area contributed by atoms with Gasteiger partial charge in [-0.15, -0.1) is 22.7 Å². The predicted molar refractivity (Wildman–Crippen MR) is 179 cm³/mol. The fourth-order valence-corrected chi connectivity index (χ4v) is 8.16. The van der Waals surface area contributed by atoms with Crippen LogP contribution in [0.1, 0.15) is 5.56 Å². The molecule has 8 rings (SSSR count). The summed E-state index contributed by atoms with van der Waals surface area (Å²) in [5.41, 5.74) is 8.01. The zero-order chi connectivity index (χ0) is 27.5. The first-order chi connectivity index (χ1) is 20.2. The zero-order valence-electron chi connectivity index (χ0n) is 22.3. The van der Waals surface area contributed by atoms with Gasteiger partial charge in [0, 0.05) is 53.8 Å². The number of fused-ring (bicyclic) bond motifs is 7. The highest BCUT2D eigenvalue weighted by Crippen LogP contribution is 2.45. The molecule has 0 bridgehead atoms. The molecule has 0 N–H and O–H groups in total.